The molecular weight excluding hydrogens is 348 g/mol. The molecule has 4 rings (SSSR count). The Bertz CT molecular complexity index is 791. The van der Waals surface area contributed by atoms with Crippen molar-refractivity contribution in [2.75, 3.05) is 0 Å². The van der Waals surface area contributed by atoms with E-state index in [4.69, 9.17) is 0 Å². The molecule has 25 heavy (non-hydrogen) atoms. The fourth-order valence-corrected chi connectivity index (χ4v) is 5.42. The molecule has 1 heterocycles. The minimum absolute atomic E-state index is 0.411. The van der Waals surface area contributed by atoms with Crippen molar-refractivity contribution in [3.05, 3.63) is 64.7 Å². The van der Waals surface area contributed by atoms with E-state index in [1.807, 2.05) is 36.7 Å². The molecule has 128 valence electrons. The summed E-state index contributed by atoms with van der Waals surface area (Å²) in [7, 11) is 0. The molecule has 0 aromatic heterocycles. The normalized spacial score (nSPS) is 25.9. The van der Waals surface area contributed by atoms with Gasteiger partial charge in [-0.3, -0.25) is 4.99 Å². The van der Waals surface area contributed by atoms with E-state index in [2.05, 4.69) is 28.5 Å². The van der Waals surface area contributed by atoms with Gasteiger partial charge >= 0.3 is 16.5 Å². The number of nitrogens with zero attached hydrogens (tertiary/aromatic N) is 1. The molecule has 0 amide bonds. The Labute approximate surface area is 156 Å². The van der Waals surface area contributed by atoms with Crippen molar-refractivity contribution in [2.24, 2.45) is 4.99 Å². The monoisotopic (exact) mass is 369 g/mol. The summed E-state index contributed by atoms with van der Waals surface area (Å²) in [5.41, 5.74) is 2.14. The fraction of sp³-hybridized carbons (Fsp3) is 0.350. The van der Waals surface area contributed by atoms with Gasteiger partial charge in [0.05, 0.1) is 5.57 Å². The molecule has 5 heteroatoms. The minimum atomic E-state index is -0.685. The summed E-state index contributed by atoms with van der Waals surface area (Å²) < 4.78 is 12.2. The fourth-order valence-electron chi connectivity index (χ4n) is 3.67. The quantitative estimate of drug-likeness (QED) is 0.623. The lowest BCUT2D eigenvalue weighted by atomic mass is 9.94. The largest absolute Gasteiger partial charge is 0.492 e. The van der Waals surface area contributed by atoms with Gasteiger partial charge in [0.2, 0.25) is 0 Å². The third-order valence-corrected chi connectivity index (χ3v) is 6.83. The molecule has 3 aliphatic rings. The average Bonchev–Trinajstić information content (AvgIpc) is 2.94. The van der Waals surface area contributed by atoms with Crippen LogP contribution in [0, 0.1) is 0 Å². The van der Waals surface area contributed by atoms with E-state index < -0.39 is 4.87 Å². The Kier molecular flexibility index (Phi) is 4.97. The second kappa shape index (κ2) is 7.36. The zero-order chi connectivity index (χ0) is 17.1. The van der Waals surface area contributed by atoms with Crippen LogP contribution < -0.4 is 5.32 Å². The molecule has 0 saturated heterocycles. The molecule has 1 N–H and O–H groups in total. The van der Waals surface area contributed by atoms with Gasteiger partial charge in [-0.25, -0.2) is 5.32 Å². The highest BCUT2D eigenvalue weighted by atomic mass is 32.2. The zero-order valence-corrected chi connectivity index (χ0v) is 15.6. The molecule has 1 aromatic carbocycles. The lowest BCUT2D eigenvalue weighted by Crippen LogP contribution is -2.49. The van der Waals surface area contributed by atoms with E-state index in [0.717, 1.165) is 28.9 Å². The molecule has 2 aliphatic carbocycles. The molecule has 1 fully saturated rings. The third-order valence-electron chi connectivity index (χ3n) is 4.96. The third kappa shape index (κ3) is 3.41. The van der Waals surface area contributed by atoms with Crippen molar-refractivity contribution in [3.63, 3.8) is 0 Å². The second-order valence-corrected chi connectivity index (χ2v) is 8.54. The Morgan fingerprint density at radius 3 is 2.88 bits per heavy atom. The summed E-state index contributed by atoms with van der Waals surface area (Å²) in [6.07, 6.45) is 15.9. The van der Waals surface area contributed by atoms with Gasteiger partial charge in [0, 0.05) is 44.1 Å². The van der Waals surface area contributed by atoms with Gasteiger partial charge < -0.3 is 0 Å². The van der Waals surface area contributed by atoms with Crippen LogP contribution in [0.25, 0.3) is 0 Å². The van der Waals surface area contributed by atoms with Crippen LogP contribution >= 0.6 is 11.8 Å². The van der Waals surface area contributed by atoms with Crippen molar-refractivity contribution in [1.29, 1.82) is 0 Å². The van der Waals surface area contributed by atoms with E-state index in [1.165, 1.54) is 24.2 Å². The molecule has 1 atom stereocenters. The topological polar surface area (TPSA) is 41.5 Å². The van der Waals surface area contributed by atoms with Crippen LogP contribution in [0.15, 0.2) is 69.1 Å². The van der Waals surface area contributed by atoms with Crippen LogP contribution in [0.5, 0.6) is 0 Å². The first-order valence-corrected chi connectivity index (χ1v) is 10.4. The van der Waals surface area contributed by atoms with E-state index in [1.54, 1.807) is 11.8 Å². The Morgan fingerprint density at radius 2 is 2.04 bits per heavy atom. The van der Waals surface area contributed by atoms with Crippen molar-refractivity contribution < 1.29 is 4.21 Å². The number of allylic oxidation sites excluding steroid dienone is 2. The number of nitrogens with one attached hydrogen (secondary N) is 1. The standard InChI is InChI=1S/C20H21N2OS2/c23-25-20(22-16-8-2-1-3-9-16)12-6-10-17(20)19-14-21-13-15-7-4-5-11-18(15)24-19/h4-7,10-14,16,22H,1-3,8-9H2/q+1. The number of hydrogen-bond acceptors (Lipinski definition) is 4. The summed E-state index contributed by atoms with van der Waals surface area (Å²) in [5, 5.41) is 3.66. The van der Waals surface area contributed by atoms with Crippen molar-refractivity contribution in [1.82, 2.24) is 5.32 Å². The first-order valence-electron chi connectivity index (χ1n) is 8.80. The molecular formula is C20H21N2OS2+. The maximum atomic E-state index is 12.2. The number of thioether (sulfide) groups is 1. The Balaban J connectivity index is 1.62. The zero-order valence-electron chi connectivity index (χ0n) is 14.0. The first-order chi connectivity index (χ1) is 12.3. The highest BCUT2D eigenvalue weighted by molar-refractivity contribution is 8.03. The Morgan fingerprint density at radius 1 is 1.20 bits per heavy atom. The summed E-state index contributed by atoms with van der Waals surface area (Å²) >= 11 is 2.33. The molecule has 1 aromatic rings. The molecule has 1 unspecified atom stereocenters. The van der Waals surface area contributed by atoms with E-state index in [-0.39, 0.29) is 0 Å². The van der Waals surface area contributed by atoms with Crippen LogP contribution in [-0.4, -0.2) is 17.1 Å². The molecule has 0 radical (unpaired) electrons. The van der Waals surface area contributed by atoms with Gasteiger partial charge in [-0.05, 0) is 25.0 Å². The molecule has 3 nitrogen and oxygen atoms in total. The highest BCUT2D eigenvalue weighted by Crippen LogP contribution is 2.42. The number of fused-ring (bicyclic) bond motifs is 1. The molecule has 1 aliphatic heterocycles. The average molecular weight is 370 g/mol. The minimum Gasteiger partial charge on any atom is -0.263 e. The summed E-state index contributed by atoms with van der Waals surface area (Å²) in [4.78, 5) is 6.00. The van der Waals surface area contributed by atoms with Gasteiger partial charge in [0.15, 0.2) is 0 Å². The summed E-state index contributed by atoms with van der Waals surface area (Å²) in [6, 6.07) is 8.65. The maximum Gasteiger partial charge on any atom is 0.492 e. The van der Waals surface area contributed by atoms with Crippen LogP contribution in [0.2, 0.25) is 0 Å². The smallest absolute Gasteiger partial charge is 0.263 e. The second-order valence-electron chi connectivity index (χ2n) is 6.65. The van der Waals surface area contributed by atoms with Gasteiger partial charge in [-0.1, -0.05) is 55.3 Å². The molecule has 0 bridgehead atoms. The maximum absolute atomic E-state index is 12.2. The van der Waals surface area contributed by atoms with Gasteiger partial charge in [-0.2, -0.15) is 0 Å². The van der Waals surface area contributed by atoms with Crippen LogP contribution in [-0.2, 0) is 15.9 Å². The number of hydrogen-bond donors (Lipinski definition) is 1. The van der Waals surface area contributed by atoms with Crippen molar-refractivity contribution in [3.8, 4) is 0 Å². The lowest BCUT2D eigenvalue weighted by molar-refractivity contribution is 0.355. The lowest BCUT2D eigenvalue weighted by Gasteiger charge is -2.27. The van der Waals surface area contributed by atoms with Gasteiger partial charge in [0.1, 0.15) is 0 Å². The van der Waals surface area contributed by atoms with E-state index in [9.17, 15) is 4.21 Å². The summed E-state index contributed by atoms with van der Waals surface area (Å²) in [6.45, 7) is 0. The molecule has 0 spiro atoms. The number of benzene rings is 1. The van der Waals surface area contributed by atoms with Crippen LogP contribution in [0.4, 0.5) is 0 Å². The van der Waals surface area contributed by atoms with Crippen molar-refractivity contribution in [2.45, 2.75) is 47.9 Å². The predicted octanol–water partition coefficient (Wildman–Crippen LogP) is 4.60. The Hall–Kier alpha value is -1.56. The van der Waals surface area contributed by atoms with E-state index in [0.29, 0.717) is 17.7 Å². The summed E-state index contributed by atoms with van der Waals surface area (Å²) in [5.74, 6) is 0. The van der Waals surface area contributed by atoms with E-state index >= 15 is 0 Å². The molecule has 1 saturated carbocycles. The number of aliphatic imine (C=N–C) groups is 1. The first kappa shape index (κ1) is 16.9. The highest BCUT2D eigenvalue weighted by Gasteiger charge is 2.51. The predicted molar refractivity (Wildman–Crippen MR) is 106 cm³/mol. The van der Waals surface area contributed by atoms with Gasteiger partial charge in [0.25, 0.3) is 0 Å². The van der Waals surface area contributed by atoms with Crippen molar-refractivity contribution >= 4 is 29.6 Å². The SMILES string of the molecule is O=[S+]C1(NC2CCCCC2)C=CC=C1C1=CN=Cc2ccccc2S1. The van der Waals surface area contributed by atoms with Gasteiger partial charge in [-0.15, -0.1) is 0 Å². The van der Waals surface area contributed by atoms with Crippen LogP contribution in [0.1, 0.15) is 37.7 Å². The van der Waals surface area contributed by atoms with Crippen LogP contribution in [0.3, 0.4) is 0 Å². The number of rotatable bonds is 4.